The summed E-state index contributed by atoms with van der Waals surface area (Å²) in [5, 5.41) is 0. The van der Waals surface area contributed by atoms with Gasteiger partial charge in [0.1, 0.15) is 0 Å². The summed E-state index contributed by atoms with van der Waals surface area (Å²) in [5.41, 5.74) is 6.44. The molecule has 0 aliphatic heterocycles. The fourth-order valence-electron chi connectivity index (χ4n) is 3.57. The molecule has 2 rings (SSSR count). The largest absolute Gasteiger partial charge is 0.321 e. The summed E-state index contributed by atoms with van der Waals surface area (Å²) in [7, 11) is 0. The zero-order valence-electron chi connectivity index (χ0n) is 12.7. The van der Waals surface area contributed by atoms with Gasteiger partial charge in [0.25, 0.3) is 0 Å². The molecule has 1 aromatic carbocycles. The summed E-state index contributed by atoms with van der Waals surface area (Å²) < 4.78 is 28.0. The van der Waals surface area contributed by atoms with Crippen LogP contribution in [0.15, 0.2) is 12.1 Å². The van der Waals surface area contributed by atoms with E-state index in [2.05, 4.69) is 13.8 Å². The van der Waals surface area contributed by atoms with E-state index in [-0.39, 0.29) is 0 Å². The highest BCUT2D eigenvalue weighted by molar-refractivity contribution is 5.31. The van der Waals surface area contributed by atoms with Gasteiger partial charge in [0.2, 0.25) is 0 Å². The Hall–Kier alpha value is -0.960. The molecule has 2 N–H and O–H groups in total. The van der Waals surface area contributed by atoms with Crippen LogP contribution in [0.4, 0.5) is 8.78 Å². The average molecular weight is 281 g/mol. The average Bonchev–Trinajstić information content (AvgIpc) is 2.35. The van der Waals surface area contributed by atoms with Crippen molar-refractivity contribution < 1.29 is 8.78 Å². The molecule has 0 amide bonds. The smallest absolute Gasteiger partial charge is 0.164 e. The predicted octanol–water partition coefficient (Wildman–Crippen LogP) is 4.66. The molecule has 0 saturated heterocycles. The first-order valence-electron chi connectivity index (χ1n) is 7.57. The lowest BCUT2D eigenvalue weighted by atomic mass is 9.70. The molecule has 0 bridgehead atoms. The van der Waals surface area contributed by atoms with E-state index in [0.29, 0.717) is 23.0 Å². The van der Waals surface area contributed by atoms with Crippen molar-refractivity contribution in [2.24, 2.45) is 17.6 Å². The van der Waals surface area contributed by atoms with Gasteiger partial charge in [-0.15, -0.1) is 0 Å². The van der Waals surface area contributed by atoms with Crippen LogP contribution in [0.2, 0.25) is 0 Å². The van der Waals surface area contributed by atoms with Gasteiger partial charge in [-0.05, 0) is 43.6 Å². The highest BCUT2D eigenvalue weighted by Crippen LogP contribution is 2.41. The topological polar surface area (TPSA) is 26.0 Å². The first-order valence-corrected chi connectivity index (χ1v) is 7.57. The summed E-state index contributed by atoms with van der Waals surface area (Å²) in [6, 6.07) is 3.31. The summed E-state index contributed by atoms with van der Waals surface area (Å²) in [5.74, 6) is -0.379. The van der Waals surface area contributed by atoms with E-state index in [9.17, 15) is 8.78 Å². The number of hydrogen-bond acceptors (Lipinski definition) is 1. The molecule has 3 heteroatoms. The number of nitrogens with two attached hydrogens (primary N) is 1. The maximum atomic E-state index is 14.2. The van der Waals surface area contributed by atoms with Gasteiger partial charge in [0, 0.05) is 11.1 Å². The third-order valence-corrected chi connectivity index (χ3v) is 4.50. The molecule has 1 nitrogen and oxygen atoms in total. The zero-order chi connectivity index (χ0) is 14.9. The first-order chi connectivity index (χ1) is 9.33. The maximum Gasteiger partial charge on any atom is 0.164 e. The van der Waals surface area contributed by atoms with Crippen LogP contribution < -0.4 is 5.73 Å². The van der Waals surface area contributed by atoms with E-state index in [1.54, 1.807) is 19.1 Å². The Balaban J connectivity index is 2.28. The van der Waals surface area contributed by atoms with Gasteiger partial charge in [0.15, 0.2) is 11.6 Å². The second-order valence-electron chi connectivity index (χ2n) is 6.81. The van der Waals surface area contributed by atoms with E-state index < -0.39 is 17.2 Å². The third-order valence-electron chi connectivity index (χ3n) is 4.50. The number of benzene rings is 1. The molecule has 1 aliphatic carbocycles. The minimum absolute atomic E-state index is 0.337. The van der Waals surface area contributed by atoms with Gasteiger partial charge in [-0.25, -0.2) is 8.78 Å². The normalized spacial score (nSPS) is 27.1. The molecule has 20 heavy (non-hydrogen) atoms. The SMILES string of the molecule is Cc1ccc(C2(N)CCCC(CC(C)C)C2)c(F)c1F. The van der Waals surface area contributed by atoms with Crippen LogP contribution in [0.5, 0.6) is 0 Å². The number of hydrogen-bond donors (Lipinski definition) is 1. The Morgan fingerprint density at radius 3 is 2.65 bits per heavy atom. The molecule has 2 unspecified atom stereocenters. The molecule has 2 atom stereocenters. The van der Waals surface area contributed by atoms with Gasteiger partial charge in [-0.3, -0.25) is 0 Å². The van der Waals surface area contributed by atoms with Crippen LogP contribution in [0, 0.1) is 30.4 Å². The highest BCUT2D eigenvalue weighted by atomic mass is 19.2. The Bertz CT molecular complexity index is 484. The lowest BCUT2D eigenvalue weighted by molar-refractivity contribution is 0.197. The molecule has 0 aromatic heterocycles. The standard InChI is InChI=1S/C17H25F2N/c1-11(2)9-13-5-4-8-17(20,10-13)14-7-6-12(3)15(18)16(14)19/h6-7,11,13H,4-5,8-10,20H2,1-3H3. The number of aryl methyl sites for hydroxylation is 1. The molecule has 1 saturated carbocycles. The fourth-order valence-corrected chi connectivity index (χ4v) is 3.57. The quantitative estimate of drug-likeness (QED) is 0.856. The highest BCUT2D eigenvalue weighted by Gasteiger charge is 2.37. The summed E-state index contributed by atoms with van der Waals surface area (Å²) >= 11 is 0. The van der Waals surface area contributed by atoms with Crippen LogP contribution in [0.3, 0.4) is 0 Å². The number of halogens is 2. The van der Waals surface area contributed by atoms with E-state index >= 15 is 0 Å². The Morgan fingerprint density at radius 1 is 1.30 bits per heavy atom. The molecule has 1 fully saturated rings. The van der Waals surface area contributed by atoms with Crippen LogP contribution in [-0.2, 0) is 5.54 Å². The van der Waals surface area contributed by atoms with Gasteiger partial charge in [0.05, 0.1) is 0 Å². The van der Waals surface area contributed by atoms with Crippen molar-refractivity contribution in [3.63, 3.8) is 0 Å². The van der Waals surface area contributed by atoms with Crippen LogP contribution in [0.1, 0.15) is 57.1 Å². The van der Waals surface area contributed by atoms with Gasteiger partial charge >= 0.3 is 0 Å². The van der Waals surface area contributed by atoms with Crippen molar-refractivity contribution in [3.05, 3.63) is 34.9 Å². The van der Waals surface area contributed by atoms with Crippen LogP contribution in [-0.4, -0.2) is 0 Å². The Kier molecular flexibility index (Phi) is 4.48. The second-order valence-corrected chi connectivity index (χ2v) is 6.81. The maximum absolute atomic E-state index is 14.2. The predicted molar refractivity (Wildman–Crippen MR) is 78.4 cm³/mol. The summed E-state index contributed by atoms with van der Waals surface area (Å²) in [6.45, 7) is 5.96. The lowest BCUT2D eigenvalue weighted by Gasteiger charge is -2.39. The molecule has 0 radical (unpaired) electrons. The fraction of sp³-hybridized carbons (Fsp3) is 0.647. The van der Waals surface area contributed by atoms with Crippen LogP contribution >= 0.6 is 0 Å². The van der Waals surface area contributed by atoms with Gasteiger partial charge in [-0.1, -0.05) is 38.8 Å². The van der Waals surface area contributed by atoms with Gasteiger partial charge in [-0.2, -0.15) is 0 Å². The minimum Gasteiger partial charge on any atom is -0.321 e. The van der Waals surface area contributed by atoms with Crippen molar-refractivity contribution in [3.8, 4) is 0 Å². The zero-order valence-corrected chi connectivity index (χ0v) is 12.7. The first kappa shape index (κ1) is 15.4. The van der Waals surface area contributed by atoms with E-state index in [1.165, 1.54) is 0 Å². The Morgan fingerprint density at radius 2 is 2.00 bits per heavy atom. The lowest BCUT2D eigenvalue weighted by Crippen LogP contribution is -2.42. The minimum atomic E-state index is -0.752. The second kappa shape index (κ2) is 5.80. The van der Waals surface area contributed by atoms with Crippen molar-refractivity contribution in [1.29, 1.82) is 0 Å². The van der Waals surface area contributed by atoms with E-state index in [4.69, 9.17) is 5.73 Å². The molecular formula is C17H25F2N. The molecule has 0 spiro atoms. The Labute approximate surface area is 120 Å². The monoisotopic (exact) mass is 281 g/mol. The van der Waals surface area contributed by atoms with Gasteiger partial charge < -0.3 is 5.73 Å². The van der Waals surface area contributed by atoms with Crippen molar-refractivity contribution >= 4 is 0 Å². The van der Waals surface area contributed by atoms with Crippen molar-refractivity contribution in [1.82, 2.24) is 0 Å². The van der Waals surface area contributed by atoms with Crippen molar-refractivity contribution in [2.75, 3.05) is 0 Å². The summed E-state index contributed by atoms with van der Waals surface area (Å²) in [6.07, 6.45) is 4.73. The van der Waals surface area contributed by atoms with E-state index in [1.807, 2.05) is 0 Å². The molecule has 1 aromatic rings. The van der Waals surface area contributed by atoms with E-state index in [0.717, 1.165) is 32.1 Å². The molecule has 1 aliphatic rings. The molecule has 0 heterocycles. The number of rotatable bonds is 3. The molecular weight excluding hydrogens is 256 g/mol. The van der Waals surface area contributed by atoms with Crippen LogP contribution in [0.25, 0.3) is 0 Å². The third kappa shape index (κ3) is 3.03. The molecule has 112 valence electrons. The van der Waals surface area contributed by atoms with Crippen molar-refractivity contribution in [2.45, 2.75) is 58.4 Å². The summed E-state index contributed by atoms with van der Waals surface area (Å²) in [4.78, 5) is 0.